The maximum atomic E-state index is 12.6. The van der Waals surface area contributed by atoms with Gasteiger partial charge in [-0.2, -0.15) is 0 Å². The van der Waals surface area contributed by atoms with Gasteiger partial charge in [-0.3, -0.25) is 13.6 Å². The zero-order valence-electron chi connectivity index (χ0n) is 23.8. The van der Waals surface area contributed by atoms with E-state index in [1.165, 1.54) is 90.6 Å². The van der Waals surface area contributed by atoms with Crippen molar-refractivity contribution < 1.29 is 27.6 Å². The maximum absolute atomic E-state index is 12.6. The largest absolute Gasteiger partial charge is 0.474 e. The Morgan fingerprint density at radius 1 is 0.686 bits per heavy atom. The van der Waals surface area contributed by atoms with Crippen molar-refractivity contribution in [2.45, 2.75) is 116 Å². The van der Waals surface area contributed by atoms with Gasteiger partial charge in [-0.1, -0.05) is 97.3 Å². The van der Waals surface area contributed by atoms with Gasteiger partial charge < -0.3 is 14.4 Å². The first-order chi connectivity index (χ1) is 17.0. The van der Waals surface area contributed by atoms with Crippen molar-refractivity contribution in [1.29, 1.82) is 0 Å². The Kier molecular flexibility index (Phi) is 25.6. The summed E-state index contributed by atoms with van der Waals surface area (Å²) in [5, 5.41) is 0. The highest BCUT2D eigenvalue weighted by molar-refractivity contribution is 7.48. The van der Waals surface area contributed by atoms with Gasteiger partial charge in [0.15, 0.2) is 0 Å². The lowest BCUT2D eigenvalue weighted by atomic mass is 10.0. The number of phosphoric ester groups is 1. The highest BCUT2D eigenvalue weighted by atomic mass is 31.2. The van der Waals surface area contributed by atoms with Gasteiger partial charge in [0.2, 0.25) is 0 Å². The number of nitrogens with zero attached hydrogens (tertiary/aromatic N) is 1. The first-order valence-corrected chi connectivity index (χ1v) is 15.7. The van der Waals surface area contributed by atoms with Crippen LogP contribution in [0.5, 0.6) is 0 Å². The summed E-state index contributed by atoms with van der Waals surface area (Å²) in [5.41, 5.74) is 0. The van der Waals surface area contributed by atoms with Crippen molar-refractivity contribution >= 4 is 7.82 Å². The van der Waals surface area contributed by atoms with Gasteiger partial charge in [-0.15, -0.1) is 0 Å². The molecule has 0 radical (unpaired) electrons. The van der Waals surface area contributed by atoms with Crippen LogP contribution in [0.4, 0.5) is 0 Å². The molecule has 7 nitrogen and oxygen atoms in total. The molecule has 0 saturated heterocycles. The third kappa shape index (κ3) is 22.9. The average Bonchev–Trinajstić information content (AvgIpc) is 2.87. The predicted octanol–water partition coefficient (Wildman–Crippen LogP) is 7.63. The van der Waals surface area contributed by atoms with Crippen LogP contribution in [0.3, 0.4) is 0 Å². The van der Waals surface area contributed by atoms with E-state index in [0.29, 0.717) is 19.8 Å². The third-order valence-electron chi connectivity index (χ3n) is 6.39. The zero-order valence-corrected chi connectivity index (χ0v) is 24.7. The van der Waals surface area contributed by atoms with Crippen molar-refractivity contribution in [3.8, 4) is 0 Å². The summed E-state index contributed by atoms with van der Waals surface area (Å²) >= 11 is 0. The summed E-state index contributed by atoms with van der Waals surface area (Å²) in [6, 6.07) is 0. The van der Waals surface area contributed by atoms with E-state index >= 15 is 0 Å². The Labute approximate surface area is 217 Å². The fourth-order valence-corrected chi connectivity index (χ4v) is 4.77. The van der Waals surface area contributed by atoms with E-state index < -0.39 is 7.82 Å². The highest BCUT2D eigenvalue weighted by Crippen LogP contribution is 2.48. The summed E-state index contributed by atoms with van der Waals surface area (Å²) in [7, 11) is 1.41. The van der Waals surface area contributed by atoms with E-state index in [4.69, 9.17) is 23.0 Å². The second kappa shape index (κ2) is 25.6. The molecule has 212 valence electrons. The van der Waals surface area contributed by atoms with E-state index in [2.05, 4.69) is 18.7 Å². The van der Waals surface area contributed by atoms with Crippen LogP contribution in [0.2, 0.25) is 0 Å². The monoisotopic (exact) mass is 523 g/mol. The molecular formula is C27H58NO6P. The third-order valence-corrected chi connectivity index (χ3v) is 7.81. The van der Waals surface area contributed by atoms with Gasteiger partial charge >= 0.3 is 7.82 Å². The molecule has 0 amide bonds. The lowest BCUT2D eigenvalue weighted by Gasteiger charge is -2.20. The number of rotatable bonds is 28. The van der Waals surface area contributed by atoms with E-state index in [0.717, 1.165) is 25.9 Å². The number of methoxy groups -OCH3 is 1. The molecule has 0 aromatic carbocycles. The van der Waals surface area contributed by atoms with Crippen LogP contribution < -0.4 is 0 Å². The minimum Gasteiger partial charge on any atom is -0.379 e. The number of phosphoric acid groups is 1. The highest BCUT2D eigenvalue weighted by Gasteiger charge is 2.26. The van der Waals surface area contributed by atoms with E-state index in [1.807, 2.05) is 7.05 Å². The molecule has 0 N–H and O–H groups in total. The Morgan fingerprint density at radius 3 is 1.71 bits per heavy atom. The number of ether oxygens (including phenoxy) is 2. The first-order valence-electron chi connectivity index (χ1n) is 14.2. The molecule has 0 aromatic heterocycles. The molecule has 0 fully saturated rings. The summed E-state index contributed by atoms with van der Waals surface area (Å²) in [6.45, 7) is 7.74. The predicted molar refractivity (Wildman–Crippen MR) is 146 cm³/mol. The van der Waals surface area contributed by atoms with Crippen molar-refractivity contribution in [3.63, 3.8) is 0 Å². The molecule has 8 heteroatoms. The van der Waals surface area contributed by atoms with Crippen molar-refractivity contribution in [1.82, 2.24) is 4.90 Å². The normalized spacial score (nSPS) is 14.5. The maximum Gasteiger partial charge on any atom is 0.474 e. The number of unbranched alkanes of at least 4 members (excludes halogenated alkanes) is 13. The van der Waals surface area contributed by atoms with E-state index in [-0.39, 0.29) is 12.7 Å². The van der Waals surface area contributed by atoms with Gasteiger partial charge in [0.25, 0.3) is 0 Å². The minimum absolute atomic E-state index is 0.106. The van der Waals surface area contributed by atoms with Crippen LogP contribution in [0.15, 0.2) is 0 Å². The van der Waals surface area contributed by atoms with Crippen LogP contribution in [-0.2, 0) is 27.6 Å². The zero-order chi connectivity index (χ0) is 26.0. The van der Waals surface area contributed by atoms with E-state index in [1.54, 1.807) is 7.11 Å². The second-order valence-corrected chi connectivity index (χ2v) is 11.3. The topological polar surface area (TPSA) is 66.5 Å². The molecule has 2 unspecified atom stereocenters. The summed E-state index contributed by atoms with van der Waals surface area (Å²) in [4.78, 5) is 2.16. The molecule has 0 heterocycles. The Hall–Kier alpha value is -0.0100. The Balaban J connectivity index is 3.64. The SMILES string of the molecule is CCCCCCCCCCCCCCCCOCC(COP(=O)(OC)OCCCN(C)CC)OC. The van der Waals surface area contributed by atoms with Crippen molar-refractivity contribution in [2.75, 3.05) is 60.8 Å². The standard InChI is InChI=1S/C27H58NO6P/c1-6-8-9-10-11-12-13-14-15-16-17-18-19-20-23-32-25-27(30-4)26-34-35(29,31-5)33-24-21-22-28(3)7-2/h27H,6-26H2,1-5H3. The Bertz CT molecular complexity index is 483. The summed E-state index contributed by atoms with van der Waals surface area (Å²) < 4.78 is 39.5. The van der Waals surface area contributed by atoms with Crippen molar-refractivity contribution in [3.05, 3.63) is 0 Å². The van der Waals surface area contributed by atoms with Gasteiger partial charge in [-0.25, -0.2) is 4.57 Å². The van der Waals surface area contributed by atoms with Gasteiger partial charge in [0, 0.05) is 27.4 Å². The average molecular weight is 524 g/mol. The van der Waals surface area contributed by atoms with Crippen LogP contribution >= 0.6 is 7.82 Å². The fraction of sp³-hybridized carbons (Fsp3) is 1.00. The summed E-state index contributed by atoms with van der Waals surface area (Å²) in [6.07, 6.45) is 19.3. The molecule has 0 spiro atoms. The first kappa shape index (κ1) is 35.0. The van der Waals surface area contributed by atoms with Gasteiger partial charge in [0.1, 0.15) is 6.10 Å². The molecule has 0 bridgehead atoms. The molecule has 0 aliphatic carbocycles. The molecule has 0 aliphatic rings. The molecule has 0 rings (SSSR count). The van der Waals surface area contributed by atoms with Crippen molar-refractivity contribution in [2.24, 2.45) is 0 Å². The number of hydrogen-bond acceptors (Lipinski definition) is 7. The summed E-state index contributed by atoms with van der Waals surface area (Å²) in [5.74, 6) is 0. The molecular weight excluding hydrogens is 465 g/mol. The lowest BCUT2D eigenvalue weighted by Crippen LogP contribution is -2.24. The van der Waals surface area contributed by atoms with Crippen LogP contribution in [0, 0.1) is 0 Å². The molecule has 0 aliphatic heterocycles. The fourth-order valence-electron chi connectivity index (χ4n) is 3.78. The minimum atomic E-state index is -3.57. The van der Waals surface area contributed by atoms with Crippen LogP contribution in [0.25, 0.3) is 0 Å². The molecule has 35 heavy (non-hydrogen) atoms. The smallest absolute Gasteiger partial charge is 0.379 e. The molecule has 2 atom stereocenters. The Morgan fingerprint density at radius 2 is 1.23 bits per heavy atom. The lowest BCUT2D eigenvalue weighted by molar-refractivity contribution is -0.0233. The second-order valence-electron chi connectivity index (χ2n) is 9.54. The quantitative estimate of drug-likeness (QED) is 0.0771. The van der Waals surface area contributed by atoms with E-state index in [9.17, 15) is 4.57 Å². The molecule has 0 saturated carbocycles. The number of hydrogen-bond donors (Lipinski definition) is 0. The van der Waals surface area contributed by atoms with Crippen LogP contribution in [-0.4, -0.2) is 71.8 Å². The van der Waals surface area contributed by atoms with Gasteiger partial charge in [0.05, 0.1) is 19.8 Å². The van der Waals surface area contributed by atoms with Crippen LogP contribution in [0.1, 0.15) is 110 Å². The van der Waals surface area contributed by atoms with Gasteiger partial charge in [-0.05, 0) is 26.4 Å². The molecule has 0 aromatic rings.